The molecule has 5 nitrogen and oxygen atoms in total. The quantitative estimate of drug-likeness (QED) is 0.704. The lowest BCUT2D eigenvalue weighted by molar-refractivity contribution is 0.583. The average molecular weight is 281 g/mol. The number of aryl methyl sites for hydroxylation is 2. The van der Waals surface area contributed by atoms with Crippen LogP contribution in [-0.2, 0) is 13.1 Å². The van der Waals surface area contributed by atoms with Crippen LogP contribution in [0.3, 0.4) is 0 Å². The average Bonchev–Trinajstić information content (AvgIpc) is 2.90. The molecule has 2 aromatic heterocycles. The van der Waals surface area contributed by atoms with E-state index in [0.29, 0.717) is 0 Å². The molecule has 1 N–H and O–H groups in total. The summed E-state index contributed by atoms with van der Waals surface area (Å²) in [5, 5.41) is 3.42. The van der Waals surface area contributed by atoms with E-state index in [0.717, 1.165) is 43.1 Å². The third-order valence-electron chi connectivity index (χ3n) is 3.42. The lowest BCUT2D eigenvalue weighted by Gasteiger charge is -2.06. The van der Waals surface area contributed by atoms with Crippen LogP contribution in [0.4, 0.5) is 0 Å². The van der Waals surface area contributed by atoms with E-state index in [-0.39, 0.29) is 0 Å². The third kappa shape index (κ3) is 3.44. The molecular weight excluding hydrogens is 262 g/mol. The zero-order chi connectivity index (χ0) is 14.5. The SMILES string of the molecule is Cc1nccc(CNCCCn2cnc3ccccc32)n1. The van der Waals surface area contributed by atoms with Gasteiger partial charge in [-0.25, -0.2) is 15.0 Å². The van der Waals surface area contributed by atoms with Crippen LogP contribution in [0.1, 0.15) is 17.9 Å². The molecule has 0 saturated heterocycles. The monoisotopic (exact) mass is 281 g/mol. The van der Waals surface area contributed by atoms with Crippen molar-refractivity contribution < 1.29 is 0 Å². The van der Waals surface area contributed by atoms with E-state index in [2.05, 4.69) is 37.0 Å². The van der Waals surface area contributed by atoms with Crippen molar-refractivity contribution in [2.24, 2.45) is 0 Å². The molecule has 0 amide bonds. The highest BCUT2D eigenvalue weighted by Gasteiger charge is 2.01. The van der Waals surface area contributed by atoms with E-state index >= 15 is 0 Å². The van der Waals surface area contributed by atoms with Crippen molar-refractivity contribution in [2.75, 3.05) is 6.54 Å². The lowest BCUT2D eigenvalue weighted by Crippen LogP contribution is -2.17. The van der Waals surface area contributed by atoms with Gasteiger partial charge in [-0.15, -0.1) is 0 Å². The number of imidazole rings is 1. The van der Waals surface area contributed by atoms with Crippen LogP contribution in [0.25, 0.3) is 11.0 Å². The first-order chi connectivity index (χ1) is 10.3. The molecule has 0 unspecified atom stereocenters. The summed E-state index contributed by atoms with van der Waals surface area (Å²) < 4.78 is 2.20. The van der Waals surface area contributed by atoms with Gasteiger partial charge in [0.25, 0.3) is 0 Å². The standard InChI is InChI=1S/C16H19N5/c1-13-18-9-7-14(20-13)11-17-8-4-10-21-12-19-15-5-2-3-6-16(15)21/h2-3,5-7,9,12,17H,4,8,10-11H2,1H3. The summed E-state index contributed by atoms with van der Waals surface area (Å²) in [5.41, 5.74) is 3.29. The molecule has 0 spiro atoms. The molecule has 1 aromatic carbocycles. The Bertz CT molecular complexity index is 719. The number of aromatic nitrogens is 4. The van der Waals surface area contributed by atoms with Gasteiger partial charge in [0.1, 0.15) is 5.82 Å². The van der Waals surface area contributed by atoms with Crippen LogP contribution in [0.15, 0.2) is 42.9 Å². The van der Waals surface area contributed by atoms with Crippen LogP contribution >= 0.6 is 0 Å². The Morgan fingerprint density at radius 3 is 2.95 bits per heavy atom. The first kappa shape index (κ1) is 13.7. The summed E-state index contributed by atoms with van der Waals surface area (Å²) in [4.78, 5) is 12.9. The highest BCUT2D eigenvalue weighted by Crippen LogP contribution is 2.11. The van der Waals surface area contributed by atoms with Crippen molar-refractivity contribution in [3.8, 4) is 0 Å². The lowest BCUT2D eigenvalue weighted by atomic mass is 10.3. The molecule has 5 heteroatoms. The van der Waals surface area contributed by atoms with E-state index < -0.39 is 0 Å². The number of hydrogen-bond acceptors (Lipinski definition) is 4. The number of rotatable bonds is 6. The maximum atomic E-state index is 4.40. The molecule has 3 rings (SSSR count). The van der Waals surface area contributed by atoms with E-state index in [1.54, 1.807) is 6.20 Å². The molecule has 3 aromatic rings. The van der Waals surface area contributed by atoms with Crippen molar-refractivity contribution in [2.45, 2.75) is 26.4 Å². The maximum Gasteiger partial charge on any atom is 0.125 e. The molecule has 0 radical (unpaired) electrons. The van der Waals surface area contributed by atoms with Gasteiger partial charge >= 0.3 is 0 Å². The molecule has 0 aliphatic carbocycles. The highest BCUT2D eigenvalue weighted by molar-refractivity contribution is 5.74. The Balaban J connectivity index is 1.46. The second kappa shape index (κ2) is 6.45. The minimum Gasteiger partial charge on any atom is -0.331 e. The summed E-state index contributed by atoms with van der Waals surface area (Å²) in [7, 11) is 0. The Labute approximate surface area is 124 Å². The van der Waals surface area contributed by atoms with Gasteiger partial charge in [0.15, 0.2) is 0 Å². The van der Waals surface area contributed by atoms with Crippen molar-refractivity contribution in [3.05, 3.63) is 54.4 Å². The fourth-order valence-electron chi connectivity index (χ4n) is 2.38. The molecule has 0 saturated carbocycles. The zero-order valence-electron chi connectivity index (χ0n) is 12.2. The maximum absolute atomic E-state index is 4.40. The molecule has 0 atom stereocenters. The van der Waals surface area contributed by atoms with Crippen LogP contribution in [0, 0.1) is 6.92 Å². The number of fused-ring (bicyclic) bond motifs is 1. The van der Waals surface area contributed by atoms with Gasteiger partial charge in [0.2, 0.25) is 0 Å². The topological polar surface area (TPSA) is 55.6 Å². The molecule has 0 aliphatic rings. The Kier molecular flexibility index (Phi) is 4.21. The van der Waals surface area contributed by atoms with Crippen LogP contribution in [-0.4, -0.2) is 26.1 Å². The predicted molar refractivity (Wildman–Crippen MR) is 82.8 cm³/mol. The summed E-state index contributed by atoms with van der Waals surface area (Å²) in [6.45, 7) is 4.62. The predicted octanol–water partition coefficient (Wildman–Crippen LogP) is 2.31. The first-order valence-electron chi connectivity index (χ1n) is 7.22. The first-order valence-corrected chi connectivity index (χ1v) is 7.22. The van der Waals surface area contributed by atoms with Gasteiger partial charge in [-0.1, -0.05) is 12.1 Å². The number of para-hydroxylation sites is 2. The summed E-state index contributed by atoms with van der Waals surface area (Å²) in [6, 6.07) is 10.2. The van der Waals surface area contributed by atoms with Crippen molar-refractivity contribution in [1.29, 1.82) is 0 Å². The molecule has 0 aliphatic heterocycles. The molecular formula is C16H19N5. The number of nitrogens with one attached hydrogen (secondary N) is 1. The Morgan fingerprint density at radius 2 is 2.05 bits per heavy atom. The van der Waals surface area contributed by atoms with E-state index in [1.807, 2.05) is 31.5 Å². The second-order valence-electron chi connectivity index (χ2n) is 5.05. The van der Waals surface area contributed by atoms with Crippen molar-refractivity contribution in [3.63, 3.8) is 0 Å². The minimum absolute atomic E-state index is 0.786. The largest absolute Gasteiger partial charge is 0.331 e. The highest BCUT2D eigenvalue weighted by atomic mass is 15.0. The van der Waals surface area contributed by atoms with Gasteiger partial charge in [-0.2, -0.15) is 0 Å². The van der Waals surface area contributed by atoms with Crippen LogP contribution < -0.4 is 5.32 Å². The minimum atomic E-state index is 0.786. The number of nitrogens with zero attached hydrogens (tertiary/aromatic N) is 4. The van der Waals surface area contributed by atoms with Gasteiger partial charge < -0.3 is 9.88 Å². The van der Waals surface area contributed by atoms with Crippen molar-refractivity contribution in [1.82, 2.24) is 24.8 Å². The molecule has 108 valence electrons. The van der Waals surface area contributed by atoms with E-state index in [4.69, 9.17) is 0 Å². The number of hydrogen-bond donors (Lipinski definition) is 1. The Morgan fingerprint density at radius 1 is 1.14 bits per heavy atom. The fraction of sp³-hybridized carbons (Fsp3) is 0.312. The number of benzene rings is 1. The summed E-state index contributed by atoms with van der Waals surface area (Å²) >= 11 is 0. The molecule has 2 heterocycles. The van der Waals surface area contributed by atoms with Crippen LogP contribution in [0.5, 0.6) is 0 Å². The van der Waals surface area contributed by atoms with Crippen LogP contribution in [0.2, 0.25) is 0 Å². The Hall–Kier alpha value is -2.27. The summed E-state index contributed by atoms with van der Waals surface area (Å²) in [6.07, 6.45) is 4.78. The summed E-state index contributed by atoms with van der Waals surface area (Å²) in [5.74, 6) is 0.819. The van der Waals surface area contributed by atoms with E-state index in [1.165, 1.54) is 5.52 Å². The van der Waals surface area contributed by atoms with Gasteiger partial charge in [-0.3, -0.25) is 0 Å². The molecule has 0 fully saturated rings. The normalized spacial score (nSPS) is 11.1. The zero-order valence-corrected chi connectivity index (χ0v) is 12.2. The second-order valence-corrected chi connectivity index (χ2v) is 5.05. The van der Waals surface area contributed by atoms with Crippen molar-refractivity contribution >= 4 is 11.0 Å². The smallest absolute Gasteiger partial charge is 0.125 e. The van der Waals surface area contributed by atoms with E-state index in [9.17, 15) is 0 Å². The fourth-order valence-corrected chi connectivity index (χ4v) is 2.38. The van der Waals surface area contributed by atoms with Gasteiger partial charge in [0.05, 0.1) is 23.1 Å². The third-order valence-corrected chi connectivity index (χ3v) is 3.42. The van der Waals surface area contributed by atoms with Gasteiger partial charge in [-0.05, 0) is 38.1 Å². The molecule has 0 bridgehead atoms. The van der Waals surface area contributed by atoms with Gasteiger partial charge in [0, 0.05) is 19.3 Å². The molecule has 21 heavy (non-hydrogen) atoms.